The molecule has 0 aromatic heterocycles. The number of likely N-dealkylation sites (tertiary alicyclic amines) is 1. The van der Waals surface area contributed by atoms with Crippen molar-refractivity contribution in [2.45, 2.75) is 51.2 Å². The molecule has 1 aliphatic rings. The van der Waals surface area contributed by atoms with E-state index in [1.807, 2.05) is 0 Å². The highest BCUT2D eigenvalue weighted by molar-refractivity contribution is 4.76. The maximum Gasteiger partial charge on any atom is 0.0897 e. The Kier molecular flexibility index (Phi) is 11.1. The maximum absolute atomic E-state index is 9.84. The number of ether oxygens (including phenoxy) is 2. The fraction of sp³-hybridized carbons (Fsp3) is 1.00. The van der Waals surface area contributed by atoms with E-state index in [1.165, 1.54) is 25.8 Å². The summed E-state index contributed by atoms with van der Waals surface area (Å²) in [6.07, 6.45) is 5.70. The van der Waals surface area contributed by atoms with Crippen LogP contribution in [-0.2, 0) is 9.47 Å². The topological polar surface area (TPSA) is 54.0 Å². The molecule has 126 valence electrons. The van der Waals surface area contributed by atoms with Crippen LogP contribution in [0.1, 0.15) is 39.0 Å². The third kappa shape index (κ3) is 9.42. The van der Waals surface area contributed by atoms with Crippen molar-refractivity contribution in [3.63, 3.8) is 0 Å². The van der Waals surface area contributed by atoms with E-state index in [2.05, 4.69) is 24.2 Å². The number of aliphatic hydroxyl groups excluding tert-OH is 1. The first-order valence-electron chi connectivity index (χ1n) is 8.48. The van der Waals surface area contributed by atoms with Crippen LogP contribution in [0, 0.1) is 0 Å². The Bertz CT molecular complexity index is 242. The average Bonchev–Trinajstić information content (AvgIpc) is 2.48. The Morgan fingerprint density at radius 1 is 1.24 bits per heavy atom. The molecule has 0 radical (unpaired) electrons. The van der Waals surface area contributed by atoms with Crippen LogP contribution in [0.4, 0.5) is 0 Å². The Hall–Kier alpha value is -0.200. The minimum atomic E-state index is -0.436. The molecule has 2 N–H and O–H groups in total. The predicted molar refractivity (Wildman–Crippen MR) is 85.7 cm³/mol. The van der Waals surface area contributed by atoms with Gasteiger partial charge in [0.05, 0.1) is 25.9 Å². The molecular weight excluding hydrogens is 268 g/mol. The largest absolute Gasteiger partial charge is 0.389 e. The number of nitrogens with one attached hydrogen (secondary N) is 1. The number of rotatable bonds is 12. The van der Waals surface area contributed by atoms with Crippen LogP contribution in [0.5, 0.6) is 0 Å². The van der Waals surface area contributed by atoms with Gasteiger partial charge in [0, 0.05) is 25.7 Å². The van der Waals surface area contributed by atoms with Crippen LogP contribution < -0.4 is 5.32 Å². The lowest BCUT2D eigenvalue weighted by Crippen LogP contribution is -2.45. The van der Waals surface area contributed by atoms with Gasteiger partial charge in [-0.15, -0.1) is 0 Å². The van der Waals surface area contributed by atoms with Gasteiger partial charge in [0.1, 0.15) is 0 Å². The number of piperidine rings is 1. The molecule has 0 aromatic rings. The van der Waals surface area contributed by atoms with Gasteiger partial charge in [0.25, 0.3) is 0 Å². The van der Waals surface area contributed by atoms with E-state index in [0.717, 1.165) is 26.0 Å². The molecule has 5 heteroatoms. The summed E-state index contributed by atoms with van der Waals surface area (Å²) < 4.78 is 10.8. The van der Waals surface area contributed by atoms with Crippen molar-refractivity contribution in [2.75, 3.05) is 53.1 Å². The lowest BCUT2D eigenvalue weighted by Gasteiger charge is -2.32. The van der Waals surface area contributed by atoms with E-state index in [0.29, 0.717) is 32.4 Å². The van der Waals surface area contributed by atoms with Crippen molar-refractivity contribution in [2.24, 2.45) is 0 Å². The van der Waals surface area contributed by atoms with E-state index in [4.69, 9.17) is 9.47 Å². The molecule has 0 amide bonds. The summed E-state index contributed by atoms with van der Waals surface area (Å²) in [5.41, 5.74) is 0. The molecule has 5 nitrogen and oxygen atoms in total. The standard InChI is InChI=1S/C16H34N2O3/c1-3-4-9-20-10-11-21-14-16(19)13-17-12-15-7-5-6-8-18(15)2/h15-17,19H,3-14H2,1-2H3. The van der Waals surface area contributed by atoms with Crippen molar-refractivity contribution in [3.05, 3.63) is 0 Å². The van der Waals surface area contributed by atoms with Gasteiger partial charge in [-0.3, -0.25) is 0 Å². The SMILES string of the molecule is CCCCOCCOCC(O)CNCC1CCCCN1C. The van der Waals surface area contributed by atoms with Gasteiger partial charge in [-0.05, 0) is 32.9 Å². The first-order chi connectivity index (χ1) is 10.2. The van der Waals surface area contributed by atoms with Gasteiger partial charge in [-0.25, -0.2) is 0 Å². The van der Waals surface area contributed by atoms with Crippen molar-refractivity contribution in [1.82, 2.24) is 10.2 Å². The first kappa shape index (κ1) is 18.8. The average molecular weight is 302 g/mol. The zero-order valence-corrected chi connectivity index (χ0v) is 13.9. The van der Waals surface area contributed by atoms with E-state index in [1.54, 1.807) is 0 Å². The molecule has 1 heterocycles. The molecule has 1 saturated heterocycles. The van der Waals surface area contributed by atoms with Gasteiger partial charge < -0.3 is 24.8 Å². The molecule has 0 saturated carbocycles. The summed E-state index contributed by atoms with van der Waals surface area (Å²) in [6.45, 7) is 7.25. The van der Waals surface area contributed by atoms with Crippen LogP contribution in [0.15, 0.2) is 0 Å². The Morgan fingerprint density at radius 2 is 2.05 bits per heavy atom. The molecule has 0 aliphatic carbocycles. The highest BCUT2D eigenvalue weighted by atomic mass is 16.5. The molecular formula is C16H34N2O3. The maximum atomic E-state index is 9.84. The number of nitrogens with zero attached hydrogens (tertiary/aromatic N) is 1. The third-order valence-corrected chi connectivity index (χ3v) is 4.01. The summed E-state index contributed by atoms with van der Waals surface area (Å²) in [7, 11) is 2.18. The Labute approximate surface area is 130 Å². The van der Waals surface area contributed by atoms with Gasteiger partial charge in [-0.1, -0.05) is 19.8 Å². The van der Waals surface area contributed by atoms with Crippen molar-refractivity contribution in [3.8, 4) is 0 Å². The highest BCUT2D eigenvalue weighted by Gasteiger charge is 2.18. The van der Waals surface area contributed by atoms with Crippen LogP contribution in [0.25, 0.3) is 0 Å². The molecule has 1 fully saturated rings. The second kappa shape index (κ2) is 12.4. The van der Waals surface area contributed by atoms with Gasteiger partial charge >= 0.3 is 0 Å². The molecule has 1 rings (SSSR count). The van der Waals surface area contributed by atoms with Gasteiger partial charge in [0.2, 0.25) is 0 Å². The zero-order chi connectivity index (χ0) is 15.3. The van der Waals surface area contributed by atoms with E-state index < -0.39 is 6.10 Å². The molecule has 2 atom stereocenters. The van der Waals surface area contributed by atoms with Gasteiger partial charge in [0.15, 0.2) is 0 Å². The quantitative estimate of drug-likeness (QED) is 0.532. The van der Waals surface area contributed by atoms with Gasteiger partial charge in [-0.2, -0.15) is 0 Å². The van der Waals surface area contributed by atoms with Crippen LogP contribution in [-0.4, -0.2) is 75.3 Å². The second-order valence-electron chi connectivity index (χ2n) is 5.98. The molecule has 2 unspecified atom stereocenters. The lowest BCUT2D eigenvalue weighted by atomic mass is 10.0. The monoisotopic (exact) mass is 302 g/mol. The summed E-state index contributed by atoms with van der Waals surface area (Å²) in [5, 5.41) is 13.2. The second-order valence-corrected chi connectivity index (χ2v) is 5.98. The van der Waals surface area contributed by atoms with Crippen LogP contribution in [0.3, 0.4) is 0 Å². The molecule has 1 aliphatic heterocycles. The normalized spacial score (nSPS) is 21.6. The Balaban J connectivity index is 1.90. The number of hydrogen-bond donors (Lipinski definition) is 2. The smallest absolute Gasteiger partial charge is 0.0897 e. The van der Waals surface area contributed by atoms with Crippen LogP contribution >= 0.6 is 0 Å². The number of aliphatic hydroxyl groups is 1. The van der Waals surface area contributed by atoms with E-state index in [-0.39, 0.29) is 0 Å². The van der Waals surface area contributed by atoms with Crippen molar-refractivity contribution < 1.29 is 14.6 Å². The minimum Gasteiger partial charge on any atom is -0.389 e. The van der Waals surface area contributed by atoms with Crippen LogP contribution in [0.2, 0.25) is 0 Å². The van der Waals surface area contributed by atoms with Crippen molar-refractivity contribution in [1.29, 1.82) is 0 Å². The van der Waals surface area contributed by atoms with Crippen molar-refractivity contribution >= 4 is 0 Å². The van der Waals surface area contributed by atoms with E-state index in [9.17, 15) is 5.11 Å². The fourth-order valence-corrected chi connectivity index (χ4v) is 2.56. The summed E-state index contributed by atoms with van der Waals surface area (Å²) in [6, 6.07) is 0.610. The number of likely N-dealkylation sites (N-methyl/N-ethyl adjacent to an activating group) is 1. The summed E-state index contributed by atoms with van der Waals surface area (Å²) in [5.74, 6) is 0. The molecule has 0 spiro atoms. The molecule has 21 heavy (non-hydrogen) atoms. The Morgan fingerprint density at radius 3 is 2.81 bits per heavy atom. The summed E-state index contributed by atoms with van der Waals surface area (Å²) >= 11 is 0. The lowest BCUT2D eigenvalue weighted by molar-refractivity contribution is 0.00342. The fourth-order valence-electron chi connectivity index (χ4n) is 2.56. The predicted octanol–water partition coefficient (Wildman–Crippen LogP) is 1.25. The zero-order valence-electron chi connectivity index (χ0n) is 13.9. The minimum absolute atomic E-state index is 0.380. The first-order valence-corrected chi connectivity index (χ1v) is 8.48. The molecule has 0 bridgehead atoms. The summed E-state index contributed by atoms with van der Waals surface area (Å²) in [4.78, 5) is 2.41. The third-order valence-electron chi connectivity index (χ3n) is 4.01. The number of hydrogen-bond acceptors (Lipinski definition) is 5. The van der Waals surface area contributed by atoms with E-state index >= 15 is 0 Å². The number of unbranched alkanes of at least 4 members (excludes halogenated alkanes) is 1. The molecule has 0 aromatic carbocycles. The highest BCUT2D eigenvalue weighted by Crippen LogP contribution is 2.13.